The molecule has 3 aromatic rings. The van der Waals surface area contributed by atoms with Gasteiger partial charge in [0.2, 0.25) is 0 Å². The van der Waals surface area contributed by atoms with Crippen molar-refractivity contribution in [2.24, 2.45) is 0 Å². The minimum Gasteiger partial charge on any atom is -0.478 e. The number of aromatic nitrogens is 3. The Morgan fingerprint density at radius 1 is 1.26 bits per heavy atom. The summed E-state index contributed by atoms with van der Waals surface area (Å²) in [6.07, 6.45) is 7.82. The highest BCUT2D eigenvalue weighted by molar-refractivity contribution is 7.09. The van der Waals surface area contributed by atoms with Crippen LogP contribution < -0.4 is 10.5 Å². The zero-order chi connectivity index (χ0) is 22.0. The van der Waals surface area contributed by atoms with Gasteiger partial charge in [0.05, 0.1) is 16.3 Å². The molecule has 7 nitrogen and oxygen atoms in total. The molecule has 0 atom stereocenters. The van der Waals surface area contributed by atoms with Crippen LogP contribution in [0, 0.1) is 0 Å². The summed E-state index contributed by atoms with van der Waals surface area (Å²) in [6.45, 7) is 5.92. The second kappa shape index (κ2) is 9.01. The number of hydrogen-bond acceptors (Lipinski definition) is 6. The summed E-state index contributed by atoms with van der Waals surface area (Å²) in [6, 6.07) is 3.87. The molecule has 31 heavy (non-hydrogen) atoms. The number of carbonyl (C=O) groups is 1. The van der Waals surface area contributed by atoms with Crippen molar-refractivity contribution in [1.82, 2.24) is 14.4 Å². The third-order valence-electron chi connectivity index (χ3n) is 5.50. The van der Waals surface area contributed by atoms with Crippen molar-refractivity contribution in [1.29, 1.82) is 0 Å². The van der Waals surface area contributed by atoms with Gasteiger partial charge in [-0.3, -0.25) is 9.20 Å². The Bertz CT molecular complexity index is 1190. The topological polar surface area (TPSA) is 87.8 Å². The maximum Gasteiger partial charge on any atom is 0.328 e. The van der Waals surface area contributed by atoms with E-state index in [9.17, 15) is 9.59 Å². The highest BCUT2D eigenvalue weighted by Gasteiger charge is 2.20. The summed E-state index contributed by atoms with van der Waals surface area (Å²) in [7, 11) is 0. The lowest BCUT2D eigenvalue weighted by Gasteiger charge is -2.19. The third kappa shape index (κ3) is 4.69. The molecule has 1 aliphatic rings. The van der Waals surface area contributed by atoms with Gasteiger partial charge in [-0.05, 0) is 49.0 Å². The van der Waals surface area contributed by atoms with Gasteiger partial charge >= 0.3 is 5.97 Å². The van der Waals surface area contributed by atoms with E-state index in [2.05, 4.69) is 24.1 Å². The van der Waals surface area contributed by atoms with E-state index < -0.39 is 5.97 Å². The third-order valence-corrected chi connectivity index (χ3v) is 6.42. The first-order chi connectivity index (χ1) is 14.9. The van der Waals surface area contributed by atoms with E-state index in [0.717, 1.165) is 61.1 Å². The Kier molecular flexibility index (Phi) is 6.18. The number of nitrogens with zero attached hydrogens (tertiary/aromatic N) is 4. The average molecular weight is 439 g/mol. The smallest absolute Gasteiger partial charge is 0.328 e. The molecule has 162 valence electrons. The predicted molar refractivity (Wildman–Crippen MR) is 123 cm³/mol. The number of fused-ring (bicyclic) bond motifs is 1. The molecule has 0 aromatic carbocycles. The fraction of sp³-hybridized carbons (Fsp3) is 0.391. The van der Waals surface area contributed by atoms with Gasteiger partial charge in [-0.15, -0.1) is 11.3 Å². The van der Waals surface area contributed by atoms with Gasteiger partial charge in [0, 0.05) is 37.2 Å². The number of hydrogen-bond donors (Lipinski definition) is 1. The molecular weight excluding hydrogens is 412 g/mol. The lowest BCUT2D eigenvalue weighted by Crippen LogP contribution is -2.27. The van der Waals surface area contributed by atoms with Gasteiger partial charge in [-0.2, -0.15) is 0 Å². The van der Waals surface area contributed by atoms with Crippen molar-refractivity contribution >= 4 is 34.8 Å². The molecule has 0 bridgehead atoms. The first-order valence-electron chi connectivity index (χ1n) is 10.6. The number of carboxylic acids is 1. The molecule has 0 spiro atoms. The number of anilines is 1. The van der Waals surface area contributed by atoms with Crippen LogP contribution in [0.2, 0.25) is 0 Å². The minimum atomic E-state index is -1.09. The van der Waals surface area contributed by atoms with Crippen LogP contribution in [-0.4, -0.2) is 38.5 Å². The fourth-order valence-corrected chi connectivity index (χ4v) is 4.72. The molecule has 1 fully saturated rings. The molecule has 0 aliphatic carbocycles. The van der Waals surface area contributed by atoms with Gasteiger partial charge in [-0.25, -0.2) is 14.8 Å². The average Bonchev–Trinajstić information content (AvgIpc) is 3.43. The van der Waals surface area contributed by atoms with E-state index in [4.69, 9.17) is 15.1 Å². The number of pyridine rings is 1. The molecule has 1 aliphatic heterocycles. The zero-order valence-electron chi connectivity index (χ0n) is 17.7. The molecule has 0 saturated carbocycles. The molecular formula is C23H26N4O3S. The lowest BCUT2D eigenvalue weighted by atomic mass is 10.1. The standard InChI is InChI=1S/C23H26N4O3S/c1-15(2)18-14-31-20(24-18)7-5-16-9-12-27-19(13-16)25-22(26-10-3-4-11-26)17(23(27)30)6-8-21(28)29/h6,8-9,12-15H,3-5,7,10-11H2,1-2H3,(H,28,29)/b8-6+. The normalized spacial score (nSPS) is 14.4. The number of carboxylic acid groups (broad SMARTS) is 1. The van der Waals surface area contributed by atoms with Crippen LogP contribution in [0.5, 0.6) is 0 Å². The van der Waals surface area contributed by atoms with Crippen LogP contribution in [0.1, 0.15) is 54.4 Å². The maximum absolute atomic E-state index is 13.1. The Morgan fingerprint density at radius 2 is 2.03 bits per heavy atom. The van der Waals surface area contributed by atoms with Gasteiger partial charge in [0.1, 0.15) is 11.5 Å². The maximum atomic E-state index is 13.1. The van der Waals surface area contributed by atoms with Gasteiger partial charge in [0.25, 0.3) is 5.56 Å². The molecule has 0 unspecified atom stereocenters. The summed E-state index contributed by atoms with van der Waals surface area (Å²) < 4.78 is 1.49. The number of rotatable bonds is 7. The molecule has 8 heteroatoms. The Hall–Kier alpha value is -3.00. The molecule has 0 amide bonds. The van der Waals surface area contributed by atoms with Crippen molar-refractivity contribution in [3.8, 4) is 0 Å². The highest BCUT2D eigenvalue weighted by atomic mass is 32.1. The quantitative estimate of drug-likeness (QED) is 0.565. The summed E-state index contributed by atoms with van der Waals surface area (Å²) in [5.41, 5.74) is 2.87. The van der Waals surface area contributed by atoms with Crippen molar-refractivity contribution < 1.29 is 9.90 Å². The van der Waals surface area contributed by atoms with Crippen molar-refractivity contribution in [3.05, 3.63) is 62.0 Å². The number of thiazole rings is 1. The summed E-state index contributed by atoms with van der Waals surface area (Å²) in [5.74, 6) is -0.0937. The second-order valence-corrected chi connectivity index (χ2v) is 9.05. The van der Waals surface area contributed by atoms with E-state index in [1.165, 1.54) is 10.5 Å². The van der Waals surface area contributed by atoms with E-state index in [-0.39, 0.29) is 5.56 Å². The summed E-state index contributed by atoms with van der Waals surface area (Å²) >= 11 is 1.69. The fourth-order valence-electron chi connectivity index (χ4n) is 3.76. The summed E-state index contributed by atoms with van der Waals surface area (Å²) in [5, 5.41) is 12.3. The second-order valence-electron chi connectivity index (χ2n) is 8.10. The Morgan fingerprint density at radius 3 is 2.71 bits per heavy atom. The molecule has 1 N–H and O–H groups in total. The molecule has 4 heterocycles. The van der Waals surface area contributed by atoms with Crippen LogP contribution in [-0.2, 0) is 17.6 Å². The van der Waals surface area contributed by atoms with E-state index in [1.807, 2.05) is 12.1 Å². The van der Waals surface area contributed by atoms with Crippen LogP contribution in [0.25, 0.3) is 11.7 Å². The Labute approximate surface area is 184 Å². The van der Waals surface area contributed by atoms with E-state index >= 15 is 0 Å². The molecule has 1 saturated heterocycles. The van der Waals surface area contributed by atoms with Crippen LogP contribution in [0.4, 0.5) is 5.82 Å². The first kappa shape index (κ1) is 21.2. The molecule has 0 radical (unpaired) electrons. The monoisotopic (exact) mass is 438 g/mol. The SMILES string of the molecule is CC(C)c1csc(CCc2ccn3c(=O)c(/C=C/C(=O)O)c(N4CCCC4)nc3c2)n1. The van der Waals surface area contributed by atoms with Gasteiger partial charge in [-0.1, -0.05) is 13.8 Å². The summed E-state index contributed by atoms with van der Waals surface area (Å²) in [4.78, 5) is 35.7. The molecule has 3 aromatic heterocycles. The highest BCUT2D eigenvalue weighted by Crippen LogP contribution is 2.23. The van der Waals surface area contributed by atoms with Gasteiger partial charge < -0.3 is 10.0 Å². The minimum absolute atomic E-state index is 0.252. The Balaban J connectivity index is 1.67. The van der Waals surface area contributed by atoms with Crippen molar-refractivity contribution in [3.63, 3.8) is 0 Å². The van der Waals surface area contributed by atoms with Gasteiger partial charge in [0.15, 0.2) is 0 Å². The van der Waals surface area contributed by atoms with E-state index in [0.29, 0.717) is 22.9 Å². The largest absolute Gasteiger partial charge is 0.478 e. The lowest BCUT2D eigenvalue weighted by molar-refractivity contribution is -0.131. The molecule has 4 rings (SSSR count). The first-order valence-corrected chi connectivity index (χ1v) is 11.5. The number of aryl methyl sites for hydroxylation is 2. The van der Waals surface area contributed by atoms with Crippen molar-refractivity contribution in [2.75, 3.05) is 18.0 Å². The van der Waals surface area contributed by atoms with E-state index in [1.54, 1.807) is 17.5 Å². The number of aliphatic carboxylic acids is 1. The van der Waals surface area contributed by atoms with Crippen LogP contribution >= 0.6 is 11.3 Å². The van der Waals surface area contributed by atoms with Crippen molar-refractivity contribution in [2.45, 2.75) is 45.4 Å². The zero-order valence-corrected chi connectivity index (χ0v) is 18.6. The van der Waals surface area contributed by atoms with Crippen LogP contribution in [0.15, 0.2) is 34.6 Å². The van der Waals surface area contributed by atoms with Crippen LogP contribution in [0.3, 0.4) is 0 Å². The predicted octanol–water partition coefficient (Wildman–Crippen LogP) is 3.76.